The Morgan fingerprint density at radius 2 is 1.56 bits per heavy atom. The molecule has 7 nitrogen and oxygen atoms in total. The van der Waals surface area contributed by atoms with Crippen LogP contribution >= 0.6 is 0 Å². The van der Waals surface area contributed by atoms with Gasteiger partial charge in [-0.3, -0.25) is 9.52 Å². The number of sulfonamides is 1. The average molecular weight is 455 g/mol. The highest BCUT2D eigenvalue weighted by molar-refractivity contribution is 7.92. The van der Waals surface area contributed by atoms with Crippen LogP contribution in [0.3, 0.4) is 0 Å². The summed E-state index contributed by atoms with van der Waals surface area (Å²) in [6, 6.07) is 20.1. The maximum Gasteiger partial charge on any atom is 0.265 e. The largest absolute Gasteiger partial charge is 0.497 e. The molecule has 0 unspecified atom stereocenters. The van der Waals surface area contributed by atoms with Crippen molar-refractivity contribution in [2.45, 2.75) is 31.3 Å². The number of aryl methyl sites for hydroxylation is 1. The molecule has 3 aromatic rings. The average Bonchev–Trinajstić information content (AvgIpc) is 2.80. The van der Waals surface area contributed by atoms with E-state index in [0.717, 1.165) is 12.0 Å². The van der Waals surface area contributed by atoms with Gasteiger partial charge in [-0.15, -0.1) is 0 Å². The molecule has 8 heteroatoms. The fourth-order valence-corrected chi connectivity index (χ4v) is 4.05. The molecule has 1 amide bonds. The first kappa shape index (κ1) is 23.1. The predicted molar refractivity (Wildman–Crippen MR) is 125 cm³/mol. The van der Waals surface area contributed by atoms with Crippen LogP contribution in [-0.4, -0.2) is 27.5 Å². The number of hydrogen-bond acceptors (Lipinski definition) is 5. The molecule has 32 heavy (non-hydrogen) atoms. The Balaban J connectivity index is 1.63. The smallest absolute Gasteiger partial charge is 0.265 e. The van der Waals surface area contributed by atoms with Crippen molar-refractivity contribution in [3.63, 3.8) is 0 Å². The lowest BCUT2D eigenvalue weighted by Gasteiger charge is -2.17. The van der Waals surface area contributed by atoms with Crippen LogP contribution < -0.4 is 19.5 Å². The van der Waals surface area contributed by atoms with Gasteiger partial charge in [-0.05, 0) is 73.5 Å². The summed E-state index contributed by atoms with van der Waals surface area (Å²) >= 11 is 0. The third-order valence-corrected chi connectivity index (χ3v) is 6.20. The molecule has 0 aliphatic heterocycles. The van der Waals surface area contributed by atoms with Gasteiger partial charge in [0.15, 0.2) is 6.10 Å². The first-order valence-electron chi connectivity index (χ1n) is 10.1. The number of anilines is 2. The highest BCUT2D eigenvalue weighted by Crippen LogP contribution is 2.22. The summed E-state index contributed by atoms with van der Waals surface area (Å²) in [5.74, 6) is 0.969. The van der Waals surface area contributed by atoms with Gasteiger partial charge in [0.2, 0.25) is 0 Å². The SMILES string of the molecule is CCc1ccccc1O[C@@H](C)C(=O)Nc1ccc(S(=O)(=O)Nc2ccc(OC)cc2)cc1. The zero-order valence-electron chi connectivity index (χ0n) is 18.2. The zero-order valence-corrected chi connectivity index (χ0v) is 19.0. The third-order valence-electron chi connectivity index (χ3n) is 4.80. The van der Waals surface area contributed by atoms with Crippen LogP contribution in [0.15, 0.2) is 77.7 Å². The number of benzene rings is 3. The Hall–Kier alpha value is -3.52. The second-order valence-electron chi connectivity index (χ2n) is 7.07. The Labute approximate surface area is 188 Å². The lowest BCUT2D eigenvalue weighted by atomic mass is 10.1. The van der Waals surface area contributed by atoms with Crippen molar-refractivity contribution in [1.29, 1.82) is 0 Å². The van der Waals surface area contributed by atoms with E-state index in [4.69, 9.17) is 9.47 Å². The maximum atomic E-state index is 12.6. The summed E-state index contributed by atoms with van der Waals surface area (Å²) in [5, 5.41) is 2.75. The van der Waals surface area contributed by atoms with Gasteiger partial charge in [0, 0.05) is 11.4 Å². The molecule has 3 aromatic carbocycles. The molecule has 1 atom stereocenters. The fraction of sp³-hybridized carbons (Fsp3) is 0.208. The molecule has 0 heterocycles. The van der Waals surface area contributed by atoms with Gasteiger partial charge in [0.25, 0.3) is 15.9 Å². The second kappa shape index (κ2) is 10.2. The van der Waals surface area contributed by atoms with Crippen molar-refractivity contribution >= 4 is 27.3 Å². The van der Waals surface area contributed by atoms with Gasteiger partial charge in [0.1, 0.15) is 11.5 Å². The minimum Gasteiger partial charge on any atom is -0.497 e. The number of ether oxygens (including phenoxy) is 2. The molecule has 0 aromatic heterocycles. The molecular formula is C24H26N2O5S. The summed E-state index contributed by atoms with van der Waals surface area (Å²) in [7, 11) is -2.23. The second-order valence-corrected chi connectivity index (χ2v) is 8.75. The van der Waals surface area contributed by atoms with E-state index in [2.05, 4.69) is 10.0 Å². The standard InChI is InChI=1S/C24H26N2O5S/c1-4-18-7-5-6-8-23(18)31-17(2)24(27)25-19-11-15-22(16-12-19)32(28,29)26-20-9-13-21(30-3)14-10-20/h5-17,26H,4H2,1-3H3,(H,25,27)/t17-/m0/s1. The van der Waals surface area contributed by atoms with Crippen LogP contribution in [0.5, 0.6) is 11.5 Å². The van der Waals surface area contributed by atoms with Crippen LogP contribution in [0, 0.1) is 0 Å². The molecule has 0 saturated heterocycles. The van der Waals surface area contributed by atoms with Crippen molar-refractivity contribution in [3.8, 4) is 11.5 Å². The van der Waals surface area contributed by atoms with Gasteiger partial charge < -0.3 is 14.8 Å². The number of nitrogens with one attached hydrogen (secondary N) is 2. The van der Waals surface area contributed by atoms with Crippen LogP contribution in [-0.2, 0) is 21.2 Å². The van der Waals surface area contributed by atoms with Crippen molar-refractivity contribution in [2.24, 2.45) is 0 Å². The number of carbonyl (C=O) groups is 1. The van der Waals surface area contributed by atoms with Crippen molar-refractivity contribution in [2.75, 3.05) is 17.1 Å². The summed E-state index contributed by atoms with van der Waals surface area (Å²) in [6.45, 7) is 3.69. The summed E-state index contributed by atoms with van der Waals surface area (Å²) in [5.41, 5.74) is 1.91. The molecule has 0 aliphatic carbocycles. The van der Waals surface area contributed by atoms with E-state index < -0.39 is 16.1 Å². The van der Waals surface area contributed by atoms with E-state index in [1.807, 2.05) is 31.2 Å². The molecule has 0 bridgehead atoms. The molecule has 0 fully saturated rings. The van der Waals surface area contributed by atoms with Crippen LogP contribution in [0.1, 0.15) is 19.4 Å². The highest BCUT2D eigenvalue weighted by Gasteiger charge is 2.18. The molecule has 0 saturated carbocycles. The maximum absolute atomic E-state index is 12.6. The van der Waals surface area contributed by atoms with E-state index >= 15 is 0 Å². The monoisotopic (exact) mass is 454 g/mol. The van der Waals surface area contributed by atoms with Gasteiger partial charge in [-0.2, -0.15) is 0 Å². The van der Waals surface area contributed by atoms with Crippen LogP contribution in [0.2, 0.25) is 0 Å². The number of methoxy groups -OCH3 is 1. The Morgan fingerprint density at radius 3 is 2.19 bits per heavy atom. The Bertz CT molecular complexity index is 1160. The topological polar surface area (TPSA) is 93.7 Å². The molecule has 168 valence electrons. The zero-order chi connectivity index (χ0) is 23.1. The molecular weight excluding hydrogens is 428 g/mol. The quantitative estimate of drug-likeness (QED) is 0.498. The predicted octanol–water partition coefficient (Wildman–Crippen LogP) is 4.46. The number of para-hydroxylation sites is 1. The number of amides is 1. The lowest BCUT2D eigenvalue weighted by Crippen LogP contribution is -2.30. The minimum atomic E-state index is -3.77. The minimum absolute atomic E-state index is 0.0764. The molecule has 0 spiro atoms. The Kier molecular flexibility index (Phi) is 7.37. The van der Waals surface area contributed by atoms with E-state index in [-0.39, 0.29) is 10.8 Å². The van der Waals surface area contributed by atoms with E-state index in [1.165, 1.54) is 31.4 Å². The first-order valence-corrected chi connectivity index (χ1v) is 11.6. The van der Waals surface area contributed by atoms with E-state index in [1.54, 1.807) is 31.2 Å². The van der Waals surface area contributed by atoms with E-state index in [0.29, 0.717) is 22.9 Å². The number of rotatable bonds is 9. The van der Waals surface area contributed by atoms with Gasteiger partial charge in [-0.1, -0.05) is 25.1 Å². The number of hydrogen-bond donors (Lipinski definition) is 2. The summed E-state index contributed by atoms with van der Waals surface area (Å²) < 4.78 is 38.6. The van der Waals surface area contributed by atoms with Crippen LogP contribution in [0.25, 0.3) is 0 Å². The van der Waals surface area contributed by atoms with E-state index in [9.17, 15) is 13.2 Å². The lowest BCUT2D eigenvalue weighted by molar-refractivity contribution is -0.122. The normalized spacial score (nSPS) is 12.0. The summed E-state index contributed by atoms with van der Waals surface area (Å²) in [4.78, 5) is 12.6. The fourth-order valence-electron chi connectivity index (χ4n) is 2.99. The first-order chi connectivity index (χ1) is 15.3. The third kappa shape index (κ3) is 5.79. The van der Waals surface area contributed by atoms with Crippen molar-refractivity contribution in [1.82, 2.24) is 0 Å². The van der Waals surface area contributed by atoms with Gasteiger partial charge in [0.05, 0.1) is 12.0 Å². The van der Waals surface area contributed by atoms with Crippen molar-refractivity contribution < 1.29 is 22.7 Å². The molecule has 3 rings (SSSR count). The molecule has 2 N–H and O–H groups in total. The molecule has 0 radical (unpaired) electrons. The summed E-state index contributed by atoms with van der Waals surface area (Å²) in [6.07, 6.45) is 0.0771. The van der Waals surface area contributed by atoms with Crippen molar-refractivity contribution in [3.05, 3.63) is 78.4 Å². The van der Waals surface area contributed by atoms with Crippen LogP contribution in [0.4, 0.5) is 11.4 Å². The highest BCUT2D eigenvalue weighted by atomic mass is 32.2. The Morgan fingerprint density at radius 1 is 0.938 bits per heavy atom. The number of carbonyl (C=O) groups excluding carboxylic acids is 1. The molecule has 0 aliphatic rings. The van der Waals surface area contributed by atoms with Gasteiger partial charge >= 0.3 is 0 Å². The van der Waals surface area contributed by atoms with Gasteiger partial charge in [-0.25, -0.2) is 8.42 Å².